The third-order valence-electron chi connectivity index (χ3n) is 6.77. The number of benzene rings is 1. The van der Waals surface area contributed by atoms with Gasteiger partial charge in [0.15, 0.2) is 6.10 Å². The van der Waals surface area contributed by atoms with E-state index in [0.717, 1.165) is 54.2 Å². The molecule has 166 valence electrons. The molecular formula is C24H29NO6. The molecule has 7 nitrogen and oxygen atoms in total. The lowest BCUT2D eigenvalue weighted by atomic mass is 9.82. The van der Waals surface area contributed by atoms with Gasteiger partial charge in [0.05, 0.1) is 5.92 Å². The molecule has 1 aromatic carbocycles. The highest BCUT2D eigenvalue weighted by Crippen LogP contribution is 2.33. The lowest BCUT2D eigenvalue weighted by molar-refractivity contribution is -0.143. The topological polar surface area (TPSA) is 106 Å². The summed E-state index contributed by atoms with van der Waals surface area (Å²) in [5.41, 5.74) is 2.83. The molecule has 0 unspecified atom stereocenters. The molecule has 1 amide bonds. The van der Waals surface area contributed by atoms with Crippen molar-refractivity contribution in [1.82, 2.24) is 5.32 Å². The maximum absolute atomic E-state index is 12.5. The van der Waals surface area contributed by atoms with Gasteiger partial charge in [0.2, 0.25) is 0 Å². The number of hydrogen-bond acceptors (Lipinski definition) is 5. The van der Waals surface area contributed by atoms with Crippen LogP contribution in [-0.2, 0) is 22.4 Å². The first-order chi connectivity index (χ1) is 14.8. The molecule has 2 aliphatic rings. The summed E-state index contributed by atoms with van der Waals surface area (Å²) in [7, 11) is 0. The number of aryl methyl sites for hydroxylation is 2. The van der Waals surface area contributed by atoms with Gasteiger partial charge in [0.1, 0.15) is 11.3 Å². The molecule has 0 spiro atoms. The van der Waals surface area contributed by atoms with Gasteiger partial charge in [-0.1, -0.05) is 0 Å². The fraction of sp³-hybridized carbons (Fsp3) is 0.542. The molecule has 1 saturated carbocycles. The second-order valence-corrected chi connectivity index (χ2v) is 8.83. The maximum atomic E-state index is 12.5. The summed E-state index contributed by atoms with van der Waals surface area (Å²) in [5.74, 6) is -0.374. The standard InChI is InChI=1S/C24H29NO6/c1-13-20(11-10-18-17-4-3-5-19(17)24(29)31-21(13)18)30-14(2)22(26)25-12-15-6-8-16(9-7-15)23(27)28/h10-11,14-16H,3-9,12H2,1-2H3,(H,25,26)(H,27,28)/t14-,15?,16?/m1/s1. The van der Waals surface area contributed by atoms with Gasteiger partial charge in [-0.2, -0.15) is 0 Å². The van der Waals surface area contributed by atoms with Crippen LogP contribution in [0.3, 0.4) is 0 Å². The first-order valence-electron chi connectivity index (χ1n) is 11.1. The summed E-state index contributed by atoms with van der Waals surface area (Å²) in [6, 6.07) is 3.75. The summed E-state index contributed by atoms with van der Waals surface area (Å²) in [6.07, 6.45) is 4.84. The van der Waals surface area contributed by atoms with E-state index in [4.69, 9.17) is 14.3 Å². The molecule has 2 N–H and O–H groups in total. The predicted molar refractivity (Wildman–Crippen MR) is 115 cm³/mol. The molecule has 1 fully saturated rings. The molecule has 1 aromatic heterocycles. The minimum atomic E-state index is -0.726. The zero-order valence-electron chi connectivity index (χ0n) is 18.0. The highest BCUT2D eigenvalue weighted by atomic mass is 16.5. The van der Waals surface area contributed by atoms with E-state index in [2.05, 4.69) is 5.32 Å². The summed E-state index contributed by atoms with van der Waals surface area (Å²) in [4.78, 5) is 35.9. The second-order valence-electron chi connectivity index (χ2n) is 8.83. The van der Waals surface area contributed by atoms with Crippen molar-refractivity contribution in [3.63, 3.8) is 0 Å². The van der Waals surface area contributed by atoms with Crippen LogP contribution in [0, 0.1) is 18.8 Å². The monoisotopic (exact) mass is 427 g/mol. The van der Waals surface area contributed by atoms with Crippen LogP contribution in [0.15, 0.2) is 21.3 Å². The van der Waals surface area contributed by atoms with Gasteiger partial charge < -0.3 is 19.6 Å². The number of amides is 1. The number of carboxylic acid groups (broad SMARTS) is 1. The molecule has 0 radical (unpaired) electrons. The van der Waals surface area contributed by atoms with Crippen molar-refractivity contribution in [2.75, 3.05) is 6.54 Å². The lowest BCUT2D eigenvalue weighted by Crippen LogP contribution is -2.39. The van der Waals surface area contributed by atoms with E-state index >= 15 is 0 Å². The molecule has 2 aliphatic carbocycles. The molecule has 0 aliphatic heterocycles. The van der Waals surface area contributed by atoms with Crippen LogP contribution in [0.5, 0.6) is 5.75 Å². The molecule has 0 saturated heterocycles. The maximum Gasteiger partial charge on any atom is 0.339 e. The average molecular weight is 427 g/mol. The van der Waals surface area contributed by atoms with Gasteiger partial charge in [-0.05, 0) is 82.4 Å². The number of aliphatic carboxylic acids is 1. The Bertz CT molecular complexity index is 1060. The normalized spacial score (nSPS) is 21.5. The van der Waals surface area contributed by atoms with E-state index in [0.29, 0.717) is 36.6 Å². The molecule has 1 atom stereocenters. The number of rotatable bonds is 6. The first kappa shape index (κ1) is 21.4. The van der Waals surface area contributed by atoms with Crippen molar-refractivity contribution in [1.29, 1.82) is 0 Å². The van der Waals surface area contributed by atoms with Crippen LogP contribution < -0.4 is 15.7 Å². The van der Waals surface area contributed by atoms with E-state index < -0.39 is 12.1 Å². The molecule has 2 aromatic rings. The minimum Gasteiger partial charge on any atom is -0.481 e. The Morgan fingerprint density at radius 3 is 2.61 bits per heavy atom. The number of fused-ring (bicyclic) bond motifs is 3. The van der Waals surface area contributed by atoms with Crippen molar-refractivity contribution in [3.8, 4) is 5.75 Å². The first-order valence-corrected chi connectivity index (χ1v) is 11.1. The Morgan fingerprint density at radius 2 is 1.90 bits per heavy atom. The van der Waals surface area contributed by atoms with Crippen LogP contribution in [0.1, 0.15) is 55.7 Å². The molecule has 1 heterocycles. The summed E-state index contributed by atoms with van der Waals surface area (Å²) in [6.45, 7) is 4.06. The number of carboxylic acids is 1. The number of hydrogen-bond donors (Lipinski definition) is 2. The Hall–Kier alpha value is -2.83. The molecular weight excluding hydrogens is 398 g/mol. The number of nitrogens with one attached hydrogen (secondary N) is 1. The van der Waals surface area contributed by atoms with Crippen molar-refractivity contribution in [2.45, 2.75) is 64.9 Å². The molecule has 7 heteroatoms. The lowest BCUT2D eigenvalue weighted by Gasteiger charge is -2.26. The summed E-state index contributed by atoms with van der Waals surface area (Å²) >= 11 is 0. The SMILES string of the molecule is Cc1c(O[C@H](C)C(=O)NCC2CCC(C(=O)O)CC2)ccc2c3c(c(=O)oc12)CCC3. The van der Waals surface area contributed by atoms with E-state index in [1.165, 1.54) is 0 Å². The Kier molecular flexibility index (Phi) is 6.03. The fourth-order valence-corrected chi connectivity index (χ4v) is 4.84. The van der Waals surface area contributed by atoms with Crippen molar-refractivity contribution in [2.24, 2.45) is 11.8 Å². The van der Waals surface area contributed by atoms with Crippen molar-refractivity contribution < 1.29 is 23.8 Å². The molecule has 31 heavy (non-hydrogen) atoms. The zero-order valence-corrected chi connectivity index (χ0v) is 18.0. The van der Waals surface area contributed by atoms with E-state index in [-0.39, 0.29) is 17.5 Å². The van der Waals surface area contributed by atoms with E-state index in [1.807, 2.05) is 19.1 Å². The number of carbonyl (C=O) groups is 2. The predicted octanol–water partition coefficient (Wildman–Crippen LogP) is 3.36. The molecule has 0 bridgehead atoms. The van der Waals surface area contributed by atoms with E-state index in [1.54, 1.807) is 6.92 Å². The second kappa shape index (κ2) is 8.73. The highest BCUT2D eigenvalue weighted by molar-refractivity contribution is 5.86. The van der Waals surface area contributed by atoms with Crippen molar-refractivity contribution >= 4 is 22.8 Å². The average Bonchev–Trinajstić information content (AvgIpc) is 3.25. The van der Waals surface area contributed by atoms with Gasteiger partial charge in [-0.3, -0.25) is 9.59 Å². The van der Waals surface area contributed by atoms with Gasteiger partial charge in [-0.15, -0.1) is 0 Å². The van der Waals surface area contributed by atoms with Gasteiger partial charge >= 0.3 is 11.6 Å². The van der Waals surface area contributed by atoms with Crippen LogP contribution in [0.4, 0.5) is 0 Å². The van der Waals surface area contributed by atoms with Crippen LogP contribution >= 0.6 is 0 Å². The molecule has 4 rings (SSSR count). The van der Waals surface area contributed by atoms with Gasteiger partial charge in [0, 0.05) is 23.1 Å². The zero-order chi connectivity index (χ0) is 22.1. The largest absolute Gasteiger partial charge is 0.481 e. The third-order valence-corrected chi connectivity index (χ3v) is 6.77. The van der Waals surface area contributed by atoms with Crippen LogP contribution in [0.2, 0.25) is 0 Å². The quantitative estimate of drug-likeness (QED) is 0.685. The minimum absolute atomic E-state index is 0.213. The number of ether oxygens (including phenoxy) is 1. The third kappa shape index (κ3) is 4.31. The van der Waals surface area contributed by atoms with Crippen LogP contribution in [0.25, 0.3) is 11.0 Å². The summed E-state index contributed by atoms with van der Waals surface area (Å²) < 4.78 is 11.5. The van der Waals surface area contributed by atoms with Crippen LogP contribution in [-0.4, -0.2) is 29.6 Å². The highest BCUT2D eigenvalue weighted by Gasteiger charge is 2.27. The van der Waals surface area contributed by atoms with Gasteiger partial charge in [0.25, 0.3) is 5.91 Å². The Balaban J connectivity index is 1.39. The van der Waals surface area contributed by atoms with Gasteiger partial charge in [-0.25, -0.2) is 4.79 Å². The van der Waals surface area contributed by atoms with Crippen molar-refractivity contribution in [3.05, 3.63) is 39.2 Å². The number of carbonyl (C=O) groups excluding carboxylic acids is 1. The Morgan fingerprint density at radius 1 is 1.19 bits per heavy atom. The Labute approximate surface area is 180 Å². The van der Waals surface area contributed by atoms with E-state index in [9.17, 15) is 14.4 Å². The smallest absolute Gasteiger partial charge is 0.339 e. The summed E-state index contributed by atoms with van der Waals surface area (Å²) in [5, 5.41) is 13.0. The fourth-order valence-electron chi connectivity index (χ4n) is 4.84.